The Morgan fingerprint density at radius 2 is 2.17 bits per heavy atom. The molecule has 0 aromatic carbocycles. The lowest BCUT2D eigenvalue weighted by Crippen LogP contribution is -2.29. The summed E-state index contributed by atoms with van der Waals surface area (Å²) in [4.78, 5) is 22.4. The summed E-state index contributed by atoms with van der Waals surface area (Å²) in [6, 6.07) is 2.80. The van der Waals surface area contributed by atoms with Gasteiger partial charge in [0.05, 0.1) is 0 Å². The molecule has 24 heavy (non-hydrogen) atoms. The zero-order chi connectivity index (χ0) is 17.1. The third-order valence-corrected chi connectivity index (χ3v) is 5.13. The molecule has 3 rings (SSSR count). The summed E-state index contributed by atoms with van der Waals surface area (Å²) in [5.74, 6) is -0.675. The van der Waals surface area contributed by atoms with Crippen LogP contribution in [0, 0.1) is 17.7 Å². The molecule has 8 heteroatoms. The quantitative estimate of drug-likeness (QED) is 0.850. The maximum Gasteiger partial charge on any atom is 0.273 e. The van der Waals surface area contributed by atoms with Gasteiger partial charge in [-0.25, -0.2) is 9.37 Å². The summed E-state index contributed by atoms with van der Waals surface area (Å²) >= 11 is 1.17. The van der Waals surface area contributed by atoms with Gasteiger partial charge in [-0.1, -0.05) is 0 Å². The van der Waals surface area contributed by atoms with E-state index in [9.17, 15) is 14.3 Å². The van der Waals surface area contributed by atoms with Crippen LogP contribution in [0.5, 0.6) is 0 Å². The predicted octanol–water partition coefficient (Wildman–Crippen LogP) is 1.41. The fraction of sp³-hybridized carbons (Fsp3) is 0.438. The lowest BCUT2D eigenvalue weighted by atomic mass is 9.94. The number of carbonyl (C=O) groups is 1. The van der Waals surface area contributed by atoms with Gasteiger partial charge in [0.2, 0.25) is 0 Å². The number of nitrogens with zero attached hydrogens (tertiary/aromatic N) is 3. The normalized spacial score (nSPS) is 20.5. The van der Waals surface area contributed by atoms with Gasteiger partial charge in [0.1, 0.15) is 16.4 Å². The molecule has 0 spiro atoms. The largest absolute Gasteiger partial charge is 0.396 e. The van der Waals surface area contributed by atoms with Gasteiger partial charge >= 0.3 is 0 Å². The predicted molar refractivity (Wildman–Crippen MR) is 87.0 cm³/mol. The van der Waals surface area contributed by atoms with Gasteiger partial charge in [-0.15, -0.1) is 11.3 Å². The number of aromatic nitrogens is 2. The number of amides is 1. The Balaban J connectivity index is 1.76. The standard InChI is InChI=1S/C16H18FN3O3S/c17-12-2-1-4-18-14(12)15-19-13(9-24-15)16(23)20-6-10(3-5-21)11(7-20)8-22/h1-2,4,9-11,21-22H,3,5-8H2. The van der Waals surface area contributed by atoms with Gasteiger partial charge in [0.25, 0.3) is 5.91 Å². The minimum Gasteiger partial charge on any atom is -0.396 e. The number of thiazole rings is 1. The lowest BCUT2D eigenvalue weighted by molar-refractivity contribution is 0.0774. The van der Waals surface area contributed by atoms with Crippen molar-refractivity contribution in [3.63, 3.8) is 0 Å². The molecule has 0 radical (unpaired) electrons. The first kappa shape index (κ1) is 16.9. The van der Waals surface area contributed by atoms with Gasteiger partial charge in [-0.3, -0.25) is 9.78 Å². The second kappa shape index (κ2) is 7.33. The summed E-state index contributed by atoms with van der Waals surface area (Å²) in [5.41, 5.74) is 0.385. The van der Waals surface area contributed by atoms with Crippen molar-refractivity contribution in [1.29, 1.82) is 0 Å². The summed E-state index contributed by atoms with van der Waals surface area (Å²) in [7, 11) is 0. The summed E-state index contributed by atoms with van der Waals surface area (Å²) in [6.07, 6.45) is 2.03. The van der Waals surface area contributed by atoms with Crippen LogP contribution in [0.4, 0.5) is 4.39 Å². The van der Waals surface area contributed by atoms with E-state index >= 15 is 0 Å². The van der Waals surface area contributed by atoms with Gasteiger partial charge in [-0.2, -0.15) is 0 Å². The van der Waals surface area contributed by atoms with E-state index in [2.05, 4.69) is 9.97 Å². The summed E-state index contributed by atoms with van der Waals surface area (Å²) in [5, 5.41) is 20.5. The minimum absolute atomic E-state index is 0.0179. The van der Waals surface area contributed by atoms with Crippen LogP contribution in [-0.4, -0.2) is 57.3 Å². The Morgan fingerprint density at radius 1 is 1.38 bits per heavy atom. The third-order valence-electron chi connectivity index (χ3n) is 4.28. The average Bonchev–Trinajstić information content (AvgIpc) is 3.22. The van der Waals surface area contributed by atoms with Crippen LogP contribution in [-0.2, 0) is 0 Å². The molecule has 0 aliphatic carbocycles. The topological polar surface area (TPSA) is 86.6 Å². The molecule has 2 atom stereocenters. The second-order valence-corrected chi connectivity index (χ2v) is 6.65. The maximum absolute atomic E-state index is 13.8. The van der Waals surface area contributed by atoms with Crippen molar-refractivity contribution < 1.29 is 19.4 Å². The van der Waals surface area contributed by atoms with Crippen molar-refractivity contribution >= 4 is 17.2 Å². The monoisotopic (exact) mass is 351 g/mol. The van der Waals surface area contributed by atoms with Crippen molar-refractivity contribution in [1.82, 2.24) is 14.9 Å². The zero-order valence-corrected chi connectivity index (χ0v) is 13.7. The number of likely N-dealkylation sites (tertiary alicyclic amines) is 1. The fourth-order valence-electron chi connectivity index (χ4n) is 2.99. The summed E-state index contributed by atoms with van der Waals surface area (Å²) < 4.78 is 13.8. The first-order chi connectivity index (χ1) is 11.6. The second-order valence-electron chi connectivity index (χ2n) is 5.80. The maximum atomic E-state index is 13.8. The van der Waals surface area contributed by atoms with Crippen LogP contribution in [0.3, 0.4) is 0 Å². The minimum atomic E-state index is -0.477. The molecule has 128 valence electrons. The first-order valence-electron chi connectivity index (χ1n) is 7.71. The Kier molecular flexibility index (Phi) is 5.17. The Bertz CT molecular complexity index is 724. The molecule has 1 fully saturated rings. The van der Waals surface area contributed by atoms with Crippen molar-refractivity contribution in [2.75, 3.05) is 26.3 Å². The Morgan fingerprint density at radius 3 is 2.88 bits per heavy atom. The van der Waals surface area contributed by atoms with E-state index in [1.165, 1.54) is 29.7 Å². The first-order valence-corrected chi connectivity index (χ1v) is 8.59. The molecule has 2 N–H and O–H groups in total. The Hall–Kier alpha value is -1.90. The van der Waals surface area contributed by atoms with Gasteiger partial charge in [-0.05, 0) is 24.5 Å². The van der Waals surface area contributed by atoms with E-state index < -0.39 is 5.82 Å². The van der Waals surface area contributed by atoms with Crippen LogP contribution < -0.4 is 0 Å². The van der Waals surface area contributed by atoms with Crippen LogP contribution in [0.1, 0.15) is 16.9 Å². The number of hydrogen-bond donors (Lipinski definition) is 2. The van der Waals surface area contributed by atoms with Gasteiger partial charge in [0.15, 0.2) is 5.82 Å². The molecule has 2 unspecified atom stereocenters. The van der Waals surface area contributed by atoms with Gasteiger partial charge in [0, 0.05) is 43.8 Å². The molecule has 0 bridgehead atoms. The van der Waals surface area contributed by atoms with E-state index in [1.54, 1.807) is 10.3 Å². The Labute approximate surface area is 142 Å². The molecule has 3 heterocycles. The zero-order valence-electron chi connectivity index (χ0n) is 12.9. The molecule has 1 aliphatic rings. The number of aliphatic hydroxyl groups is 2. The molecular weight excluding hydrogens is 333 g/mol. The van der Waals surface area contributed by atoms with E-state index in [0.29, 0.717) is 24.5 Å². The number of rotatable bonds is 5. The van der Waals surface area contributed by atoms with E-state index in [-0.39, 0.29) is 42.3 Å². The third kappa shape index (κ3) is 3.31. The van der Waals surface area contributed by atoms with E-state index in [4.69, 9.17) is 5.11 Å². The SMILES string of the molecule is O=C(c1csc(-c2ncccc2F)n1)N1CC(CO)C(CCO)C1. The molecular formula is C16H18FN3O3S. The number of hydrogen-bond acceptors (Lipinski definition) is 6. The molecule has 6 nitrogen and oxygen atoms in total. The number of halogens is 1. The van der Waals surface area contributed by atoms with Crippen LogP contribution in [0.15, 0.2) is 23.7 Å². The van der Waals surface area contributed by atoms with Crippen LogP contribution >= 0.6 is 11.3 Å². The van der Waals surface area contributed by atoms with Crippen molar-refractivity contribution in [3.8, 4) is 10.7 Å². The van der Waals surface area contributed by atoms with Crippen molar-refractivity contribution in [2.24, 2.45) is 11.8 Å². The lowest BCUT2D eigenvalue weighted by Gasteiger charge is -2.14. The number of aliphatic hydroxyl groups excluding tert-OH is 2. The molecule has 1 saturated heterocycles. The fourth-order valence-corrected chi connectivity index (χ4v) is 3.78. The van der Waals surface area contributed by atoms with E-state index in [1.807, 2.05) is 0 Å². The average molecular weight is 351 g/mol. The number of carbonyl (C=O) groups excluding carboxylic acids is 1. The van der Waals surface area contributed by atoms with Crippen LogP contribution in [0.2, 0.25) is 0 Å². The van der Waals surface area contributed by atoms with Crippen LogP contribution in [0.25, 0.3) is 10.7 Å². The van der Waals surface area contributed by atoms with Crippen molar-refractivity contribution in [3.05, 3.63) is 35.2 Å². The highest BCUT2D eigenvalue weighted by molar-refractivity contribution is 7.13. The highest BCUT2D eigenvalue weighted by Crippen LogP contribution is 2.29. The summed E-state index contributed by atoms with van der Waals surface area (Å²) in [6.45, 7) is 0.930. The highest BCUT2D eigenvalue weighted by atomic mass is 32.1. The van der Waals surface area contributed by atoms with Crippen molar-refractivity contribution in [2.45, 2.75) is 6.42 Å². The van der Waals surface area contributed by atoms with Gasteiger partial charge < -0.3 is 15.1 Å². The molecule has 2 aromatic rings. The smallest absolute Gasteiger partial charge is 0.273 e. The highest BCUT2D eigenvalue weighted by Gasteiger charge is 2.35. The molecule has 1 aliphatic heterocycles. The molecule has 1 amide bonds. The molecule has 2 aromatic heterocycles. The number of pyridine rings is 1. The molecule has 0 saturated carbocycles. The van der Waals surface area contributed by atoms with E-state index in [0.717, 1.165) is 0 Å².